The van der Waals surface area contributed by atoms with Crippen molar-refractivity contribution in [2.24, 2.45) is 5.10 Å². The van der Waals surface area contributed by atoms with E-state index in [4.69, 9.17) is 16.3 Å². The number of carbonyl (C=O) groups is 2. The van der Waals surface area contributed by atoms with E-state index in [1.54, 1.807) is 30.3 Å². The second-order valence-electron chi connectivity index (χ2n) is 4.44. The van der Waals surface area contributed by atoms with Crippen molar-refractivity contribution in [3.63, 3.8) is 0 Å². The maximum Gasteiger partial charge on any atom is 0.343 e. The third-order valence-corrected chi connectivity index (χ3v) is 3.17. The Labute approximate surface area is 143 Å². The number of aromatic nitrogens is 1. The number of nitrogens with one attached hydrogen (secondary N) is 1. The van der Waals surface area contributed by atoms with Gasteiger partial charge in [-0.1, -0.05) is 23.7 Å². The average molecular weight is 348 g/mol. The van der Waals surface area contributed by atoms with E-state index in [2.05, 4.69) is 20.2 Å². The van der Waals surface area contributed by atoms with Gasteiger partial charge < -0.3 is 9.47 Å². The summed E-state index contributed by atoms with van der Waals surface area (Å²) in [6.45, 7) is -0.223. The largest absolute Gasteiger partial charge is 0.481 e. The molecule has 1 amide bonds. The zero-order chi connectivity index (χ0) is 17.4. The van der Waals surface area contributed by atoms with Gasteiger partial charge in [0.25, 0.3) is 5.91 Å². The first-order chi connectivity index (χ1) is 11.6. The van der Waals surface area contributed by atoms with Crippen molar-refractivity contribution >= 4 is 29.7 Å². The fraction of sp³-hybridized carbons (Fsp3) is 0.125. The van der Waals surface area contributed by atoms with Crippen LogP contribution in [0.15, 0.2) is 47.7 Å². The number of pyridine rings is 1. The smallest absolute Gasteiger partial charge is 0.343 e. The summed E-state index contributed by atoms with van der Waals surface area (Å²) in [4.78, 5) is 26.9. The van der Waals surface area contributed by atoms with E-state index in [1.165, 1.54) is 25.6 Å². The van der Waals surface area contributed by atoms with Crippen molar-refractivity contribution in [2.45, 2.75) is 0 Å². The Hall–Kier alpha value is -2.93. The highest BCUT2D eigenvalue weighted by atomic mass is 35.5. The van der Waals surface area contributed by atoms with Crippen molar-refractivity contribution in [3.05, 3.63) is 58.9 Å². The van der Waals surface area contributed by atoms with Crippen molar-refractivity contribution < 1.29 is 19.1 Å². The summed E-state index contributed by atoms with van der Waals surface area (Å²) in [6, 6.07) is 10.0. The van der Waals surface area contributed by atoms with E-state index in [9.17, 15) is 9.59 Å². The number of methoxy groups -OCH3 is 1. The van der Waals surface area contributed by atoms with E-state index < -0.39 is 11.9 Å². The van der Waals surface area contributed by atoms with Crippen LogP contribution in [0.1, 0.15) is 15.9 Å². The van der Waals surface area contributed by atoms with Gasteiger partial charge in [-0.25, -0.2) is 15.2 Å². The summed E-state index contributed by atoms with van der Waals surface area (Å²) >= 11 is 5.84. The molecule has 2 rings (SSSR count). The monoisotopic (exact) mass is 347 g/mol. The molecule has 0 aliphatic heterocycles. The molecule has 1 aromatic carbocycles. The number of esters is 1. The van der Waals surface area contributed by atoms with Crippen LogP contribution in [0.25, 0.3) is 0 Å². The maximum absolute atomic E-state index is 12.0. The molecule has 1 aromatic heterocycles. The summed E-state index contributed by atoms with van der Waals surface area (Å²) in [6.07, 6.45) is 2.88. The van der Waals surface area contributed by atoms with Crippen LogP contribution >= 0.6 is 11.6 Å². The Morgan fingerprint density at radius 2 is 2.08 bits per heavy atom. The second-order valence-corrected chi connectivity index (χ2v) is 4.80. The normalized spacial score (nSPS) is 10.4. The molecule has 1 N–H and O–H groups in total. The number of nitrogens with zero attached hydrogens (tertiary/aromatic N) is 2. The lowest BCUT2D eigenvalue weighted by Gasteiger charge is -2.07. The minimum atomic E-state index is -0.499. The summed E-state index contributed by atoms with van der Waals surface area (Å²) in [7, 11) is 1.28. The van der Waals surface area contributed by atoms with Crippen molar-refractivity contribution in [1.29, 1.82) is 0 Å². The molecule has 7 nitrogen and oxygen atoms in total. The lowest BCUT2D eigenvalue weighted by molar-refractivity contribution is -0.142. The maximum atomic E-state index is 12.0. The van der Waals surface area contributed by atoms with Crippen LogP contribution in [0.5, 0.6) is 5.75 Å². The van der Waals surface area contributed by atoms with E-state index in [0.717, 1.165) is 0 Å². The number of halogens is 1. The number of amides is 1. The Morgan fingerprint density at radius 3 is 2.83 bits per heavy atom. The number of hydrogen-bond acceptors (Lipinski definition) is 6. The summed E-state index contributed by atoms with van der Waals surface area (Å²) in [5.74, 6) is -0.557. The predicted molar refractivity (Wildman–Crippen MR) is 88.3 cm³/mol. The SMILES string of the molecule is COC(=O)COc1ccccc1C=NNC(=O)c1cccnc1Cl. The van der Waals surface area contributed by atoms with Gasteiger partial charge in [-0.15, -0.1) is 0 Å². The van der Waals surface area contributed by atoms with Crippen molar-refractivity contribution in [2.75, 3.05) is 13.7 Å². The fourth-order valence-corrected chi connectivity index (χ4v) is 1.90. The lowest BCUT2D eigenvalue weighted by Crippen LogP contribution is -2.18. The first-order valence-corrected chi connectivity index (χ1v) is 7.22. The van der Waals surface area contributed by atoms with Gasteiger partial charge in [-0.05, 0) is 24.3 Å². The molecule has 124 valence electrons. The molecule has 0 atom stereocenters. The highest BCUT2D eigenvalue weighted by Gasteiger charge is 2.09. The lowest BCUT2D eigenvalue weighted by atomic mass is 10.2. The molecule has 24 heavy (non-hydrogen) atoms. The molecule has 0 saturated heterocycles. The third kappa shape index (κ3) is 4.79. The Kier molecular flexibility index (Phi) is 6.27. The highest BCUT2D eigenvalue weighted by Crippen LogP contribution is 2.16. The number of carbonyl (C=O) groups excluding carboxylic acids is 2. The predicted octanol–water partition coefficient (Wildman–Crippen LogP) is 2.05. The van der Waals surface area contributed by atoms with Gasteiger partial charge in [0.15, 0.2) is 6.61 Å². The van der Waals surface area contributed by atoms with Crippen LogP contribution in [-0.4, -0.2) is 36.8 Å². The quantitative estimate of drug-likeness (QED) is 0.374. The van der Waals surface area contributed by atoms with Crippen LogP contribution in [0, 0.1) is 0 Å². The van der Waals surface area contributed by atoms with Gasteiger partial charge >= 0.3 is 5.97 Å². The first-order valence-electron chi connectivity index (χ1n) is 6.84. The Morgan fingerprint density at radius 1 is 1.29 bits per heavy atom. The van der Waals surface area contributed by atoms with Crippen LogP contribution in [0.2, 0.25) is 5.15 Å². The molecule has 2 aromatic rings. The third-order valence-electron chi connectivity index (χ3n) is 2.87. The van der Waals surface area contributed by atoms with Gasteiger partial charge in [-0.3, -0.25) is 4.79 Å². The molecular weight excluding hydrogens is 334 g/mol. The van der Waals surface area contributed by atoms with Gasteiger partial charge in [0, 0.05) is 11.8 Å². The standard InChI is InChI=1S/C16H14ClN3O4/c1-23-14(21)10-24-13-7-3-2-5-11(13)9-19-20-16(22)12-6-4-8-18-15(12)17/h2-9H,10H2,1H3,(H,20,22). The van der Waals surface area contributed by atoms with Gasteiger partial charge in [-0.2, -0.15) is 5.10 Å². The Balaban J connectivity index is 2.03. The van der Waals surface area contributed by atoms with E-state index in [0.29, 0.717) is 11.3 Å². The summed E-state index contributed by atoms with van der Waals surface area (Å²) in [5.41, 5.74) is 3.15. The molecule has 0 bridgehead atoms. The van der Waals surface area contributed by atoms with Crippen LogP contribution < -0.4 is 10.2 Å². The number of para-hydroxylation sites is 1. The number of hydrogen-bond donors (Lipinski definition) is 1. The molecule has 0 aliphatic carbocycles. The number of rotatable bonds is 6. The number of hydrazone groups is 1. The van der Waals surface area contributed by atoms with Gasteiger partial charge in [0.2, 0.25) is 0 Å². The minimum Gasteiger partial charge on any atom is -0.481 e. The molecule has 0 radical (unpaired) electrons. The summed E-state index contributed by atoms with van der Waals surface area (Å²) < 4.78 is 9.85. The number of benzene rings is 1. The fourth-order valence-electron chi connectivity index (χ4n) is 1.69. The van der Waals surface area contributed by atoms with E-state index >= 15 is 0 Å². The van der Waals surface area contributed by atoms with E-state index in [-0.39, 0.29) is 17.3 Å². The molecule has 0 aliphatic rings. The average Bonchev–Trinajstić information content (AvgIpc) is 2.60. The number of ether oxygens (including phenoxy) is 2. The Bertz CT molecular complexity index is 764. The highest BCUT2D eigenvalue weighted by molar-refractivity contribution is 6.32. The van der Waals surface area contributed by atoms with Crippen LogP contribution in [-0.2, 0) is 9.53 Å². The molecule has 8 heteroatoms. The van der Waals surface area contributed by atoms with Gasteiger partial charge in [0.1, 0.15) is 10.9 Å². The first kappa shape index (κ1) is 17.4. The molecule has 0 spiro atoms. The van der Waals surface area contributed by atoms with Crippen molar-refractivity contribution in [1.82, 2.24) is 10.4 Å². The zero-order valence-corrected chi connectivity index (χ0v) is 13.5. The molecule has 1 heterocycles. The van der Waals surface area contributed by atoms with Crippen LogP contribution in [0.3, 0.4) is 0 Å². The van der Waals surface area contributed by atoms with Gasteiger partial charge in [0.05, 0.1) is 18.9 Å². The zero-order valence-electron chi connectivity index (χ0n) is 12.7. The molecule has 0 saturated carbocycles. The van der Waals surface area contributed by atoms with Crippen LogP contribution in [0.4, 0.5) is 0 Å². The minimum absolute atomic E-state index is 0.0898. The molecule has 0 fully saturated rings. The second kappa shape index (κ2) is 8.64. The van der Waals surface area contributed by atoms with Crippen molar-refractivity contribution in [3.8, 4) is 5.75 Å². The summed E-state index contributed by atoms with van der Waals surface area (Å²) in [5, 5.41) is 3.95. The topological polar surface area (TPSA) is 89.9 Å². The molecule has 0 unspecified atom stereocenters. The van der Waals surface area contributed by atoms with E-state index in [1.807, 2.05) is 0 Å². The molecular formula is C16H14ClN3O4.